The van der Waals surface area contributed by atoms with Gasteiger partial charge in [-0.1, -0.05) is 70.6 Å². The van der Waals surface area contributed by atoms with Gasteiger partial charge in [-0.05, 0) is 31.6 Å². The smallest absolute Gasteiger partial charge is 0.303 e. The van der Waals surface area contributed by atoms with Gasteiger partial charge in [0.2, 0.25) is 6.29 Å². The molecule has 0 spiro atoms. The lowest BCUT2D eigenvalue weighted by Gasteiger charge is -2.13. The Hall–Kier alpha value is -1.09. The number of carboxylic acids is 1. The molecular weight excluding hydrogens is 356 g/mol. The van der Waals surface area contributed by atoms with Crippen molar-refractivity contribution >= 4 is 5.97 Å². The molecule has 0 aromatic carbocycles. The van der Waals surface area contributed by atoms with Gasteiger partial charge in [0.05, 0.1) is 13.2 Å². The molecular formula is C23H42O5. The van der Waals surface area contributed by atoms with E-state index in [1.807, 2.05) is 0 Å². The summed E-state index contributed by atoms with van der Waals surface area (Å²) < 4.78 is 11.1. The lowest BCUT2D eigenvalue weighted by atomic mass is 10.1. The number of carbonyl (C=O) groups is 1. The van der Waals surface area contributed by atoms with Crippen LogP contribution in [-0.2, 0) is 14.3 Å². The van der Waals surface area contributed by atoms with Gasteiger partial charge in [-0.25, -0.2) is 0 Å². The van der Waals surface area contributed by atoms with Gasteiger partial charge in [0.15, 0.2) is 0 Å². The highest BCUT2D eigenvalue weighted by Crippen LogP contribution is 2.11. The first-order chi connectivity index (χ1) is 13.7. The summed E-state index contributed by atoms with van der Waals surface area (Å²) in [5.74, 6) is 5.32. The molecule has 0 fully saturated rings. The largest absolute Gasteiger partial charge is 0.481 e. The van der Waals surface area contributed by atoms with Crippen LogP contribution in [0.25, 0.3) is 0 Å². The second-order valence-corrected chi connectivity index (χ2v) is 7.25. The summed E-state index contributed by atoms with van der Waals surface area (Å²) in [7, 11) is 0. The summed E-state index contributed by atoms with van der Waals surface area (Å²) in [4.78, 5) is 10.5. The van der Waals surface area contributed by atoms with Crippen LogP contribution in [0.2, 0.25) is 0 Å². The molecule has 164 valence electrons. The molecule has 0 aliphatic carbocycles. The molecule has 0 aromatic rings. The first kappa shape index (κ1) is 26.9. The Labute approximate surface area is 172 Å². The van der Waals surface area contributed by atoms with Crippen LogP contribution >= 0.6 is 0 Å². The fraction of sp³-hybridized carbons (Fsp3) is 0.870. The van der Waals surface area contributed by atoms with Crippen LogP contribution in [-0.4, -0.2) is 42.3 Å². The molecule has 0 aromatic heterocycles. The molecule has 0 aliphatic rings. The van der Waals surface area contributed by atoms with Crippen LogP contribution in [0.1, 0.15) is 103 Å². The quantitative estimate of drug-likeness (QED) is 0.165. The maximum Gasteiger partial charge on any atom is 0.303 e. The van der Waals surface area contributed by atoms with Crippen molar-refractivity contribution in [3.05, 3.63) is 0 Å². The van der Waals surface area contributed by atoms with Crippen molar-refractivity contribution in [2.24, 2.45) is 0 Å². The van der Waals surface area contributed by atoms with Crippen LogP contribution in [0, 0.1) is 11.8 Å². The zero-order valence-electron chi connectivity index (χ0n) is 17.9. The van der Waals surface area contributed by atoms with Crippen LogP contribution in [0.4, 0.5) is 0 Å². The van der Waals surface area contributed by atoms with Crippen molar-refractivity contribution in [2.45, 2.75) is 110 Å². The van der Waals surface area contributed by atoms with E-state index in [1.165, 1.54) is 57.8 Å². The minimum atomic E-state index is -0.823. The van der Waals surface area contributed by atoms with E-state index >= 15 is 0 Å². The molecule has 28 heavy (non-hydrogen) atoms. The molecule has 0 saturated carbocycles. The fourth-order valence-electron chi connectivity index (χ4n) is 2.81. The van der Waals surface area contributed by atoms with Gasteiger partial charge < -0.3 is 19.7 Å². The maximum absolute atomic E-state index is 10.5. The highest BCUT2D eigenvalue weighted by molar-refractivity contribution is 5.66. The summed E-state index contributed by atoms with van der Waals surface area (Å²) in [6.07, 6.45) is 15.3. The molecule has 1 unspecified atom stereocenters. The van der Waals surface area contributed by atoms with Crippen LogP contribution in [0.3, 0.4) is 0 Å². The molecule has 0 rings (SSSR count). The van der Waals surface area contributed by atoms with E-state index in [0.717, 1.165) is 19.3 Å². The summed E-state index contributed by atoms with van der Waals surface area (Å²) in [6.45, 7) is 3.21. The fourth-order valence-corrected chi connectivity index (χ4v) is 2.81. The highest BCUT2D eigenvalue weighted by atomic mass is 16.7. The van der Waals surface area contributed by atoms with E-state index in [-0.39, 0.29) is 13.0 Å². The number of hydrogen-bond acceptors (Lipinski definition) is 4. The molecule has 0 saturated heterocycles. The van der Waals surface area contributed by atoms with Gasteiger partial charge in [-0.15, -0.1) is 0 Å². The molecule has 0 radical (unpaired) electrons. The number of unbranched alkanes of at least 4 members (excludes halogenated alkanes) is 11. The van der Waals surface area contributed by atoms with Gasteiger partial charge in [0.25, 0.3) is 0 Å². The second kappa shape index (κ2) is 22.2. The predicted octanol–water partition coefficient (Wildman–Crippen LogP) is 5.30. The van der Waals surface area contributed by atoms with Crippen molar-refractivity contribution in [1.82, 2.24) is 0 Å². The van der Waals surface area contributed by atoms with Crippen molar-refractivity contribution in [3.8, 4) is 11.8 Å². The third-order valence-corrected chi connectivity index (χ3v) is 4.50. The van der Waals surface area contributed by atoms with Crippen LogP contribution < -0.4 is 0 Å². The van der Waals surface area contributed by atoms with Crippen molar-refractivity contribution < 1.29 is 24.5 Å². The van der Waals surface area contributed by atoms with E-state index in [0.29, 0.717) is 26.1 Å². The second-order valence-electron chi connectivity index (χ2n) is 7.25. The molecule has 0 aliphatic heterocycles. The van der Waals surface area contributed by atoms with E-state index in [1.54, 1.807) is 0 Å². The Morgan fingerprint density at radius 2 is 1.39 bits per heavy atom. The van der Waals surface area contributed by atoms with E-state index in [9.17, 15) is 4.79 Å². The van der Waals surface area contributed by atoms with Gasteiger partial charge in [-0.3, -0.25) is 4.79 Å². The predicted molar refractivity (Wildman–Crippen MR) is 113 cm³/mol. The number of carboxylic acid groups (broad SMARTS) is 1. The van der Waals surface area contributed by atoms with Gasteiger partial charge in [-0.2, -0.15) is 0 Å². The number of ether oxygens (including phenoxy) is 2. The average Bonchev–Trinajstić information content (AvgIpc) is 2.68. The molecule has 5 nitrogen and oxygen atoms in total. The summed E-state index contributed by atoms with van der Waals surface area (Å²) in [5.41, 5.74) is 0. The number of aliphatic hydroxyl groups excluding tert-OH is 1. The summed E-state index contributed by atoms with van der Waals surface area (Å²) >= 11 is 0. The van der Waals surface area contributed by atoms with Gasteiger partial charge in [0, 0.05) is 19.4 Å². The van der Waals surface area contributed by atoms with Crippen LogP contribution in [0.5, 0.6) is 0 Å². The third-order valence-electron chi connectivity index (χ3n) is 4.50. The third kappa shape index (κ3) is 21.2. The first-order valence-electron chi connectivity index (χ1n) is 11.2. The zero-order valence-corrected chi connectivity index (χ0v) is 17.9. The number of aliphatic hydroxyl groups is 1. The Bertz CT molecular complexity index is 400. The topological polar surface area (TPSA) is 76.0 Å². The summed E-state index contributed by atoms with van der Waals surface area (Å²) in [5, 5.41) is 17.5. The van der Waals surface area contributed by atoms with E-state index in [4.69, 9.17) is 19.7 Å². The van der Waals surface area contributed by atoms with E-state index < -0.39 is 12.3 Å². The van der Waals surface area contributed by atoms with E-state index in [2.05, 4.69) is 18.8 Å². The molecule has 5 heteroatoms. The highest BCUT2D eigenvalue weighted by Gasteiger charge is 2.06. The van der Waals surface area contributed by atoms with Crippen molar-refractivity contribution in [1.29, 1.82) is 0 Å². The zero-order chi connectivity index (χ0) is 20.7. The van der Waals surface area contributed by atoms with Gasteiger partial charge in [0.1, 0.15) is 0 Å². The standard InChI is InChI=1S/C23H42O5/c1-2-3-4-5-6-7-8-9-10-11-12-13-18-23(27-20-15-14-19-24)28-21-16-17-22(25)26/h23-24H,2-12,14-17,19-21H2,1H3,(H,25,26). The SMILES string of the molecule is CCCCCCCCCCCCC#CC(OCCCCO)OCCCC(=O)O. The monoisotopic (exact) mass is 398 g/mol. The van der Waals surface area contributed by atoms with Crippen molar-refractivity contribution in [2.75, 3.05) is 19.8 Å². The number of hydrogen-bond donors (Lipinski definition) is 2. The Kier molecular flexibility index (Phi) is 21.3. The molecule has 0 amide bonds. The molecule has 1 atom stereocenters. The first-order valence-corrected chi connectivity index (χ1v) is 11.2. The minimum Gasteiger partial charge on any atom is -0.481 e. The molecule has 2 N–H and O–H groups in total. The Morgan fingerprint density at radius 1 is 0.821 bits per heavy atom. The average molecular weight is 399 g/mol. The lowest BCUT2D eigenvalue weighted by molar-refractivity contribution is -0.138. The Morgan fingerprint density at radius 3 is 1.96 bits per heavy atom. The molecule has 0 bridgehead atoms. The molecule has 0 heterocycles. The minimum absolute atomic E-state index is 0.0866. The van der Waals surface area contributed by atoms with Crippen molar-refractivity contribution in [3.63, 3.8) is 0 Å². The normalized spacial score (nSPS) is 11.8. The number of rotatable bonds is 20. The Balaban J connectivity index is 3.81. The maximum atomic E-state index is 10.5. The van der Waals surface area contributed by atoms with Crippen LogP contribution in [0.15, 0.2) is 0 Å². The summed E-state index contributed by atoms with van der Waals surface area (Å²) in [6, 6.07) is 0. The lowest BCUT2D eigenvalue weighted by Crippen LogP contribution is -2.17. The number of aliphatic carboxylic acids is 1. The van der Waals surface area contributed by atoms with Gasteiger partial charge >= 0.3 is 5.97 Å².